The largest absolute Gasteiger partial charge is 0.451 e. The summed E-state index contributed by atoms with van der Waals surface area (Å²) in [7, 11) is 1.71. The van der Waals surface area contributed by atoms with Gasteiger partial charge in [-0.3, -0.25) is 4.79 Å². The molecule has 0 fully saturated rings. The van der Waals surface area contributed by atoms with Crippen molar-refractivity contribution in [2.24, 2.45) is 0 Å². The molecule has 0 unspecified atom stereocenters. The minimum atomic E-state index is -0.635. The summed E-state index contributed by atoms with van der Waals surface area (Å²) in [6.45, 7) is 1.70. The average Bonchev–Trinajstić information content (AvgIpc) is 3.26. The smallest absolute Gasteiger partial charge is 0.326 e. The molecule has 0 aromatic carbocycles. The zero-order chi connectivity index (χ0) is 16.9. The van der Waals surface area contributed by atoms with Crippen molar-refractivity contribution in [1.29, 1.82) is 0 Å². The van der Waals surface area contributed by atoms with Crippen molar-refractivity contribution in [3.63, 3.8) is 0 Å². The number of likely N-dealkylation sites (N-methyl/N-ethyl adjacent to an activating group) is 1. The fourth-order valence-corrected chi connectivity index (χ4v) is 2.58. The molecular weight excluding hydrogens is 330 g/mol. The first kappa shape index (κ1) is 16.1. The summed E-state index contributed by atoms with van der Waals surface area (Å²) >= 11 is 1.50. The Morgan fingerprint density at radius 2 is 2.12 bits per heavy atom. The van der Waals surface area contributed by atoms with Gasteiger partial charge in [0.05, 0.1) is 4.88 Å². The van der Waals surface area contributed by atoms with Crippen molar-refractivity contribution in [3.8, 4) is 10.8 Å². The van der Waals surface area contributed by atoms with E-state index in [0.29, 0.717) is 11.8 Å². The fraction of sp³-hybridized carbons (Fsp3) is 0.267. The lowest BCUT2D eigenvalue weighted by molar-refractivity contribution is -0.147. The van der Waals surface area contributed by atoms with Crippen LogP contribution in [0.3, 0.4) is 0 Å². The van der Waals surface area contributed by atoms with E-state index in [4.69, 9.17) is 9.15 Å². The van der Waals surface area contributed by atoms with Crippen LogP contribution in [-0.2, 0) is 9.53 Å². The highest BCUT2D eigenvalue weighted by molar-refractivity contribution is 7.13. The minimum absolute atomic E-state index is 0.0142. The Morgan fingerprint density at radius 1 is 1.33 bits per heavy atom. The van der Waals surface area contributed by atoms with Crippen molar-refractivity contribution in [3.05, 3.63) is 41.9 Å². The van der Waals surface area contributed by atoms with E-state index in [1.165, 1.54) is 11.3 Å². The number of aromatic nitrogens is 4. The van der Waals surface area contributed by atoms with E-state index < -0.39 is 12.1 Å². The van der Waals surface area contributed by atoms with E-state index in [1.807, 2.05) is 17.5 Å². The highest BCUT2D eigenvalue weighted by Crippen LogP contribution is 2.25. The number of ether oxygens (including phenoxy) is 1. The van der Waals surface area contributed by atoms with Crippen LogP contribution < -0.4 is 4.90 Å². The van der Waals surface area contributed by atoms with Gasteiger partial charge in [0.25, 0.3) is 11.8 Å². The van der Waals surface area contributed by atoms with Crippen LogP contribution >= 0.6 is 11.3 Å². The lowest BCUT2D eigenvalue weighted by atomic mass is 10.4. The Hall–Kier alpha value is -2.81. The van der Waals surface area contributed by atoms with Crippen LogP contribution in [0.1, 0.15) is 18.9 Å². The highest BCUT2D eigenvalue weighted by atomic mass is 32.1. The van der Waals surface area contributed by atoms with Gasteiger partial charge in [-0.2, -0.15) is 0 Å². The predicted molar refractivity (Wildman–Crippen MR) is 87.4 cm³/mol. The molecule has 0 spiro atoms. The molecule has 8 nitrogen and oxygen atoms in total. The second kappa shape index (κ2) is 7.18. The zero-order valence-corrected chi connectivity index (χ0v) is 13.9. The van der Waals surface area contributed by atoms with Gasteiger partial charge in [-0.05, 0) is 24.4 Å². The van der Waals surface area contributed by atoms with E-state index in [0.717, 1.165) is 4.88 Å². The number of hydrogen-bond donors (Lipinski definition) is 0. The number of anilines is 1. The lowest BCUT2D eigenvalue weighted by Gasteiger charge is -2.16. The Balaban J connectivity index is 1.58. The molecule has 0 saturated carbocycles. The number of hydrogen-bond acceptors (Lipinski definition) is 9. The number of thiophene rings is 1. The van der Waals surface area contributed by atoms with Crippen molar-refractivity contribution in [2.45, 2.75) is 13.0 Å². The van der Waals surface area contributed by atoms with Gasteiger partial charge in [-0.25, -0.2) is 9.97 Å². The Labute approximate surface area is 142 Å². The second-order valence-corrected chi connectivity index (χ2v) is 5.91. The summed E-state index contributed by atoms with van der Waals surface area (Å²) in [4.78, 5) is 22.6. The number of carbonyl (C=O) groups is 1. The third-order valence-electron chi connectivity index (χ3n) is 3.09. The van der Waals surface area contributed by atoms with Gasteiger partial charge in [-0.1, -0.05) is 6.07 Å². The molecule has 3 aromatic heterocycles. The Bertz CT molecular complexity index is 791. The Kier molecular flexibility index (Phi) is 4.80. The molecule has 124 valence electrons. The summed E-state index contributed by atoms with van der Waals surface area (Å²) in [6, 6.07) is 5.49. The monoisotopic (exact) mass is 345 g/mol. The van der Waals surface area contributed by atoms with Crippen LogP contribution in [0.25, 0.3) is 10.8 Å². The number of carbonyl (C=O) groups excluding carboxylic acids is 1. The predicted octanol–water partition coefficient (Wildman–Crippen LogP) is 2.33. The first-order chi connectivity index (χ1) is 11.6. The molecule has 0 aliphatic rings. The van der Waals surface area contributed by atoms with Crippen molar-refractivity contribution < 1.29 is 13.9 Å². The van der Waals surface area contributed by atoms with Crippen molar-refractivity contribution in [1.82, 2.24) is 20.2 Å². The molecule has 0 amide bonds. The molecular formula is C15H15N5O3S. The first-order valence-electron chi connectivity index (χ1n) is 7.18. The van der Waals surface area contributed by atoms with Crippen LogP contribution in [0.5, 0.6) is 0 Å². The fourth-order valence-electron chi connectivity index (χ4n) is 1.94. The van der Waals surface area contributed by atoms with E-state index >= 15 is 0 Å². The molecule has 0 radical (unpaired) electrons. The second-order valence-electron chi connectivity index (χ2n) is 4.96. The van der Waals surface area contributed by atoms with E-state index in [2.05, 4.69) is 20.2 Å². The lowest BCUT2D eigenvalue weighted by Crippen LogP contribution is -2.29. The Morgan fingerprint density at radius 3 is 2.83 bits per heavy atom. The SMILES string of the molecule is C[C@@H](OC(=O)CN(C)c1ncccn1)c1nnc(-c2cccs2)o1. The third-order valence-corrected chi connectivity index (χ3v) is 3.95. The molecule has 9 heteroatoms. The van der Waals surface area contributed by atoms with Gasteiger partial charge in [-0.15, -0.1) is 21.5 Å². The molecule has 0 bridgehead atoms. The van der Waals surface area contributed by atoms with Crippen LogP contribution in [0.2, 0.25) is 0 Å². The molecule has 0 aliphatic heterocycles. The summed E-state index contributed by atoms with van der Waals surface area (Å²) in [6.07, 6.45) is 2.58. The maximum Gasteiger partial charge on any atom is 0.326 e. The van der Waals surface area contributed by atoms with Crippen LogP contribution in [0.15, 0.2) is 40.4 Å². The summed E-state index contributed by atoms with van der Waals surface area (Å²) in [5, 5.41) is 9.83. The van der Waals surface area contributed by atoms with E-state index in [-0.39, 0.29) is 12.4 Å². The molecule has 3 heterocycles. The summed E-state index contributed by atoms with van der Waals surface area (Å²) < 4.78 is 10.9. The van der Waals surface area contributed by atoms with Crippen molar-refractivity contribution in [2.75, 3.05) is 18.5 Å². The van der Waals surface area contributed by atoms with Gasteiger partial charge in [0, 0.05) is 19.4 Å². The maximum atomic E-state index is 12.0. The van der Waals surface area contributed by atoms with Gasteiger partial charge in [0.2, 0.25) is 5.95 Å². The van der Waals surface area contributed by atoms with Gasteiger partial charge < -0.3 is 14.1 Å². The quantitative estimate of drug-likeness (QED) is 0.628. The molecule has 0 saturated heterocycles. The van der Waals surface area contributed by atoms with Crippen LogP contribution in [-0.4, -0.2) is 39.7 Å². The minimum Gasteiger partial charge on any atom is -0.451 e. The number of rotatable bonds is 6. The molecule has 0 aliphatic carbocycles. The third kappa shape index (κ3) is 3.74. The molecule has 24 heavy (non-hydrogen) atoms. The normalized spacial score (nSPS) is 11.9. The molecule has 0 N–H and O–H groups in total. The van der Waals surface area contributed by atoms with Gasteiger partial charge in [0.15, 0.2) is 6.10 Å². The van der Waals surface area contributed by atoms with E-state index in [1.54, 1.807) is 37.3 Å². The van der Waals surface area contributed by atoms with Crippen LogP contribution in [0.4, 0.5) is 5.95 Å². The standard InChI is InChI=1S/C15H15N5O3S/c1-10(13-18-19-14(23-13)11-5-3-8-24-11)22-12(21)9-20(2)15-16-6-4-7-17-15/h3-8,10H,9H2,1-2H3/t10-/m1/s1. The number of esters is 1. The topological polar surface area (TPSA) is 94.2 Å². The summed E-state index contributed by atoms with van der Waals surface area (Å²) in [5.41, 5.74) is 0. The van der Waals surface area contributed by atoms with Gasteiger partial charge >= 0.3 is 5.97 Å². The average molecular weight is 345 g/mol. The van der Waals surface area contributed by atoms with Crippen molar-refractivity contribution >= 4 is 23.3 Å². The zero-order valence-electron chi connectivity index (χ0n) is 13.1. The van der Waals surface area contributed by atoms with Gasteiger partial charge in [0.1, 0.15) is 6.54 Å². The molecule has 3 rings (SSSR count). The molecule has 1 atom stereocenters. The first-order valence-corrected chi connectivity index (χ1v) is 8.06. The summed E-state index contributed by atoms with van der Waals surface area (Å²) in [5.74, 6) is 0.677. The van der Waals surface area contributed by atoms with Crippen LogP contribution in [0, 0.1) is 0 Å². The number of nitrogens with zero attached hydrogens (tertiary/aromatic N) is 5. The molecule has 3 aromatic rings. The highest BCUT2D eigenvalue weighted by Gasteiger charge is 2.20. The van der Waals surface area contributed by atoms with E-state index in [9.17, 15) is 4.79 Å². The maximum absolute atomic E-state index is 12.0.